The van der Waals surface area contributed by atoms with Gasteiger partial charge in [0.2, 0.25) is 0 Å². The van der Waals surface area contributed by atoms with Gasteiger partial charge in [0.05, 0.1) is 12.3 Å². The van der Waals surface area contributed by atoms with Gasteiger partial charge in [0.25, 0.3) is 0 Å². The van der Waals surface area contributed by atoms with Crippen LogP contribution >= 0.6 is 0 Å². The number of nitrogens with one attached hydrogen (secondary N) is 1. The average molecular weight is 281 g/mol. The Balaban J connectivity index is 2.62. The lowest BCUT2D eigenvalue weighted by molar-refractivity contribution is 0.196. The highest BCUT2D eigenvalue weighted by atomic mass is 16.5. The quantitative estimate of drug-likeness (QED) is 0.670. The van der Waals surface area contributed by atoms with Crippen molar-refractivity contribution in [1.82, 2.24) is 15.1 Å². The minimum absolute atomic E-state index is 0.638. The van der Waals surface area contributed by atoms with Gasteiger partial charge in [0.1, 0.15) is 0 Å². The molecular formula is C16H31N3O. The molecule has 0 aromatic carbocycles. The van der Waals surface area contributed by atoms with Crippen LogP contribution in [-0.4, -0.2) is 36.6 Å². The van der Waals surface area contributed by atoms with Gasteiger partial charge in [0.15, 0.2) is 0 Å². The lowest BCUT2D eigenvalue weighted by Crippen LogP contribution is -2.30. The van der Waals surface area contributed by atoms with Gasteiger partial charge in [-0.3, -0.25) is 4.68 Å². The van der Waals surface area contributed by atoms with E-state index in [9.17, 15) is 0 Å². The molecule has 1 aromatic rings. The van der Waals surface area contributed by atoms with Crippen molar-refractivity contribution in [2.45, 2.75) is 47.1 Å². The molecule has 1 aromatic heterocycles. The maximum atomic E-state index is 5.08. The van der Waals surface area contributed by atoms with Crippen molar-refractivity contribution < 1.29 is 4.74 Å². The molecule has 4 heteroatoms. The van der Waals surface area contributed by atoms with Crippen LogP contribution in [-0.2, 0) is 24.1 Å². The molecule has 1 rings (SSSR count). The molecule has 0 bridgehead atoms. The van der Waals surface area contributed by atoms with Crippen molar-refractivity contribution in [2.75, 3.05) is 26.8 Å². The molecule has 0 spiro atoms. The minimum Gasteiger partial charge on any atom is -0.383 e. The van der Waals surface area contributed by atoms with E-state index in [-0.39, 0.29) is 0 Å². The SMILES string of the molecule is CCc1cc(CC(CNCCOC)C(C)C)n(CC)n1. The maximum absolute atomic E-state index is 5.08. The van der Waals surface area contributed by atoms with E-state index in [4.69, 9.17) is 4.74 Å². The van der Waals surface area contributed by atoms with Crippen molar-refractivity contribution in [2.24, 2.45) is 11.8 Å². The number of methoxy groups -OCH3 is 1. The van der Waals surface area contributed by atoms with E-state index >= 15 is 0 Å². The van der Waals surface area contributed by atoms with Crippen molar-refractivity contribution >= 4 is 0 Å². The number of nitrogens with zero attached hydrogens (tertiary/aromatic N) is 2. The van der Waals surface area contributed by atoms with E-state index in [0.717, 1.165) is 39.1 Å². The summed E-state index contributed by atoms with van der Waals surface area (Å²) in [6, 6.07) is 2.27. The first-order chi connectivity index (χ1) is 9.62. The third kappa shape index (κ3) is 5.25. The highest BCUT2D eigenvalue weighted by molar-refractivity contribution is 5.11. The van der Waals surface area contributed by atoms with Crippen LogP contribution in [0.25, 0.3) is 0 Å². The van der Waals surface area contributed by atoms with Crippen LogP contribution < -0.4 is 5.32 Å². The number of rotatable bonds is 10. The minimum atomic E-state index is 0.638. The molecule has 1 unspecified atom stereocenters. The van der Waals surface area contributed by atoms with Crippen LogP contribution in [0.1, 0.15) is 39.1 Å². The Morgan fingerprint density at radius 1 is 1.35 bits per heavy atom. The summed E-state index contributed by atoms with van der Waals surface area (Å²) in [5, 5.41) is 8.14. The predicted octanol–water partition coefficient (Wildman–Crippen LogP) is 2.52. The van der Waals surface area contributed by atoms with Gasteiger partial charge in [0, 0.05) is 25.9 Å². The number of aryl methyl sites for hydroxylation is 2. The summed E-state index contributed by atoms with van der Waals surface area (Å²) < 4.78 is 7.24. The molecule has 0 radical (unpaired) electrons. The van der Waals surface area contributed by atoms with Crippen molar-refractivity contribution in [3.8, 4) is 0 Å². The smallest absolute Gasteiger partial charge is 0.0624 e. The highest BCUT2D eigenvalue weighted by Crippen LogP contribution is 2.18. The zero-order valence-corrected chi connectivity index (χ0v) is 13.8. The van der Waals surface area contributed by atoms with Gasteiger partial charge < -0.3 is 10.1 Å². The fraction of sp³-hybridized carbons (Fsp3) is 0.812. The molecule has 0 saturated heterocycles. The van der Waals surface area contributed by atoms with Crippen LogP contribution in [0.15, 0.2) is 6.07 Å². The third-order valence-electron chi connectivity index (χ3n) is 3.88. The van der Waals surface area contributed by atoms with Crippen molar-refractivity contribution in [3.63, 3.8) is 0 Å². The van der Waals surface area contributed by atoms with Crippen molar-refractivity contribution in [3.05, 3.63) is 17.5 Å². The molecule has 1 heterocycles. The Labute approximate surface area is 123 Å². The molecule has 20 heavy (non-hydrogen) atoms. The lowest BCUT2D eigenvalue weighted by Gasteiger charge is -2.21. The number of aromatic nitrogens is 2. The first-order valence-corrected chi connectivity index (χ1v) is 7.87. The topological polar surface area (TPSA) is 39.1 Å². The molecule has 0 amide bonds. The second-order valence-corrected chi connectivity index (χ2v) is 5.70. The summed E-state index contributed by atoms with van der Waals surface area (Å²) in [5.41, 5.74) is 2.58. The van der Waals surface area contributed by atoms with Crippen LogP contribution in [0.3, 0.4) is 0 Å². The van der Waals surface area contributed by atoms with Crippen LogP contribution in [0.2, 0.25) is 0 Å². The molecule has 0 saturated carbocycles. The molecule has 0 aliphatic carbocycles. The number of ether oxygens (including phenoxy) is 1. The van der Waals surface area contributed by atoms with Crippen LogP contribution in [0, 0.1) is 11.8 Å². The third-order valence-corrected chi connectivity index (χ3v) is 3.88. The predicted molar refractivity (Wildman–Crippen MR) is 84.1 cm³/mol. The molecule has 4 nitrogen and oxygen atoms in total. The highest BCUT2D eigenvalue weighted by Gasteiger charge is 2.17. The fourth-order valence-corrected chi connectivity index (χ4v) is 2.40. The Bertz CT molecular complexity index is 374. The van der Waals surface area contributed by atoms with Gasteiger partial charge in [-0.1, -0.05) is 20.8 Å². The Morgan fingerprint density at radius 3 is 2.65 bits per heavy atom. The zero-order chi connectivity index (χ0) is 15.0. The summed E-state index contributed by atoms with van der Waals surface area (Å²) in [6.07, 6.45) is 2.11. The Hall–Kier alpha value is -0.870. The molecule has 0 aliphatic heterocycles. The van der Waals surface area contributed by atoms with Crippen molar-refractivity contribution in [1.29, 1.82) is 0 Å². The second-order valence-electron chi connectivity index (χ2n) is 5.70. The second kappa shape index (κ2) is 9.14. The molecule has 0 fully saturated rings. The maximum Gasteiger partial charge on any atom is 0.0624 e. The molecule has 116 valence electrons. The first-order valence-electron chi connectivity index (χ1n) is 7.87. The van der Waals surface area contributed by atoms with Crippen LogP contribution in [0.5, 0.6) is 0 Å². The zero-order valence-electron chi connectivity index (χ0n) is 13.8. The van der Waals surface area contributed by atoms with Gasteiger partial charge in [-0.05, 0) is 44.2 Å². The van der Waals surface area contributed by atoms with E-state index in [1.807, 2.05) is 0 Å². The summed E-state index contributed by atoms with van der Waals surface area (Å²) in [6.45, 7) is 12.6. The fourth-order valence-electron chi connectivity index (χ4n) is 2.40. The van der Waals surface area contributed by atoms with Gasteiger partial charge >= 0.3 is 0 Å². The normalized spacial score (nSPS) is 13.1. The summed E-state index contributed by atoms with van der Waals surface area (Å²) in [7, 11) is 1.74. The first kappa shape index (κ1) is 17.2. The van der Waals surface area contributed by atoms with Gasteiger partial charge in [-0.2, -0.15) is 5.10 Å². The van der Waals surface area contributed by atoms with E-state index in [1.54, 1.807) is 7.11 Å². The summed E-state index contributed by atoms with van der Waals surface area (Å²) >= 11 is 0. The molecular weight excluding hydrogens is 250 g/mol. The van der Waals surface area contributed by atoms with Gasteiger partial charge in [-0.25, -0.2) is 0 Å². The Kier molecular flexibility index (Phi) is 7.85. The monoisotopic (exact) mass is 281 g/mol. The lowest BCUT2D eigenvalue weighted by atomic mass is 9.91. The van der Waals surface area contributed by atoms with E-state index in [1.165, 1.54) is 11.4 Å². The molecule has 1 atom stereocenters. The Morgan fingerprint density at radius 2 is 2.10 bits per heavy atom. The number of hydrogen-bond donors (Lipinski definition) is 1. The molecule has 0 aliphatic rings. The molecule has 1 N–H and O–H groups in total. The average Bonchev–Trinajstić information content (AvgIpc) is 2.84. The van der Waals surface area contributed by atoms with Gasteiger partial charge in [-0.15, -0.1) is 0 Å². The van der Waals surface area contributed by atoms with Crippen LogP contribution in [0.4, 0.5) is 0 Å². The van der Waals surface area contributed by atoms with E-state index in [2.05, 4.69) is 48.9 Å². The summed E-state index contributed by atoms with van der Waals surface area (Å²) in [5.74, 6) is 1.30. The van der Waals surface area contributed by atoms with E-state index in [0.29, 0.717) is 11.8 Å². The largest absolute Gasteiger partial charge is 0.383 e. The van der Waals surface area contributed by atoms with E-state index < -0.39 is 0 Å². The number of hydrogen-bond acceptors (Lipinski definition) is 3. The summed E-state index contributed by atoms with van der Waals surface area (Å²) in [4.78, 5) is 0. The standard InChI is InChI=1S/C16H31N3O/c1-6-15-11-16(19(7-2)18-15)10-14(13(3)4)12-17-8-9-20-5/h11,13-14,17H,6-10,12H2,1-5H3.